The summed E-state index contributed by atoms with van der Waals surface area (Å²) in [5, 5.41) is 0. The summed E-state index contributed by atoms with van der Waals surface area (Å²) in [4.78, 5) is 12.5. The van der Waals surface area contributed by atoms with Crippen molar-refractivity contribution in [1.29, 1.82) is 0 Å². The van der Waals surface area contributed by atoms with Crippen LogP contribution in [0.1, 0.15) is 20.3 Å². The summed E-state index contributed by atoms with van der Waals surface area (Å²) in [7, 11) is 0. The Labute approximate surface area is 49.5 Å². The number of carbonyl (C=O) groups is 1. The number of carbonyl (C=O) groups excluding carboxylic acids is 1. The SMILES string of the molecule is CC(C)N1CCC1=O. The first-order valence-electron chi connectivity index (χ1n) is 3.01. The lowest BCUT2D eigenvalue weighted by Gasteiger charge is -2.34. The zero-order valence-electron chi connectivity index (χ0n) is 5.35. The predicted octanol–water partition coefficient (Wildman–Crippen LogP) is 0.627. The Morgan fingerprint density at radius 1 is 1.62 bits per heavy atom. The summed E-state index contributed by atoms with van der Waals surface area (Å²) in [6.07, 6.45) is 0.762. The first-order valence-corrected chi connectivity index (χ1v) is 3.01. The van der Waals surface area contributed by atoms with Crippen LogP contribution in [-0.4, -0.2) is 23.4 Å². The third kappa shape index (κ3) is 0.703. The summed E-state index contributed by atoms with van der Waals surface area (Å²) in [5.41, 5.74) is 0. The second-order valence-electron chi connectivity index (χ2n) is 2.43. The topological polar surface area (TPSA) is 20.3 Å². The molecule has 0 unspecified atom stereocenters. The van der Waals surface area contributed by atoms with Gasteiger partial charge in [-0.15, -0.1) is 0 Å². The van der Waals surface area contributed by atoms with E-state index in [1.54, 1.807) is 0 Å². The molecule has 2 nitrogen and oxygen atoms in total. The molecular weight excluding hydrogens is 102 g/mol. The summed E-state index contributed by atoms with van der Waals surface area (Å²) in [5.74, 6) is 0.306. The lowest BCUT2D eigenvalue weighted by molar-refractivity contribution is -0.141. The summed E-state index contributed by atoms with van der Waals surface area (Å²) in [6.45, 7) is 5.05. The van der Waals surface area contributed by atoms with E-state index in [1.165, 1.54) is 0 Å². The second-order valence-corrected chi connectivity index (χ2v) is 2.43. The Bertz CT molecular complexity index is 109. The highest BCUT2D eigenvalue weighted by molar-refractivity contribution is 5.81. The lowest BCUT2D eigenvalue weighted by Crippen LogP contribution is -2.47. The molecule has 0 aromatic rings. The molecule has 1 fully saturated rings. The van der Waals surface area contributed by atoms with E-state index in [2.05, 4.69) is 0 Å². The fraction of sp³-hybridized carbons (Fsp3) is 0.833. The molecule has 0 N–H and O–H groups in total. The van der Waals surface area contributed by atoms with E-state index in [0.29, 0.717) is 11.9 Å². The lowest BCUT2D eigenvalue weighted by atomic mass is 10.1. The minimum Gasteiger partial charge on any atom is -0.340 e. The fourth-order valence-electron chi connectivity index (χ4n) is 0.878. The maximum atomic E-state index is 10.6. The first-order chi connectivity index (χ1) is 3.72. The average molecular weight is 113 g/mol. The van der Waals surface area contributed by atoms with Gasteiger partial charge in [-0.1, -0.05) is 0 Å². The van der Waals surface area contributed by atoms with Crippen molar-refractivity contribution < 1.29 is 4.79 Å². The minimum absolute atomic E-state index is 0.306. The first kappa shape index (κ1) is 5.60. The maximum Gasteiger partial charge on any atom is 0.224 e. The monoisotopic (exact) mass is 113 g/mol. The normalized spacial score (nSPS) is 19.4. The van der Waals surface area contributed by atoms with Crippen molar-refractivity contribution >= 4 is 5.91 Å². The van der Waals surface area contributed by atoms with Gasteiger partial charge in [0.15, 0.2) is 0 Å². The highest BCUT2D eigenvalue weighted by atomic mass is 16.2. The standard InChI is InChI=1S/C6H11NO/c1-5(2)7-4-3-6(7)8/h5H,3-4H2,1-2H3. The van der Waals surface area contributed by atoms with E-state index in [-0.39, 0.29) is 0 Å². The van der Waals surface area contributed by atoms with Crippen molar-refractivity contribution in [3.63, 3.8) is 0 Å². The van der Waals surface area contributed by atoms with Crippen LogP contribution in [0.15, 0.2) is 0 Å². The molecule has 0 aromatic carbocycles. The Morgan fingerprint density at radius 2 is 2.25 bits per heavy atom. The molecule has 1 saturated heterocycles. The Hall–Kier alpha value is -0.530. The van der Waals surface area contributed by atoms with Gasteiger partial charge in [0.25, 0.3) is 0 Å². The second kappa shape index (κ2) is 1.77. The number of likely N-dealkylation sites (tertiary alicyclic amines) is 1. The molecule has 1 aliphatic heterocycles. The minimum atomic E-state index is 0.306. The van der Waals surface area contributed by atoms with Crippen molar-refractivity contribution in [2.45, 2.75) is 26.3 Å². The molecule has 46 valence electrons. The van der Waals surface area contributed by atoms with Crippen LogP contribution >= 0.6 is 0 Å². The van der Waals surface area contributed by atoms with E-state index >= 15 is 0 Å². The maximum absolute atomic E-state index is 10.6. The van der Waals surface area contributed by atoms with Gasteiger partial charge in [-0.25, -0.2) is 0 Å². The molecule has 1 heterocycles. The number of hydrogen-bond donors (Lipinski definition) is 0. The number of nitrogens with zero attached hydrogens (tertiary/aromatic N) is 1. The van der Waals surface area contributed by atoms with Crippen LogP contribution in [0, 0.1) is 0 Å². The molecule has 1 rings (SSSR count). The van der Waals surface area contributed by atoms with Gasteiger partial charge < -0.3 is 4.90 Å². The van der Waals surface area contributed by atoms with Crippen LogP contribution in [0.2, 0.25) is 0 Å². The quantitative estimate of drug-likeness (QED) is 0.457. The summed E-state index contributed by atoms with van der Waals surface area (Å²) < 4.78 is 0. The predicted molar refractivity (Wildman–Crippen MR) is 31.5 cm³/mol. The number of rotatable bonds is 1. The number of hydrogen-bond acceptors (Lipinski definition) is 1. The van der Waals surface area contributed by atoms with E-state index in [9.17, 15) is 4.79 Å². The molecule has 0 bridgehead atoms. The van der Waals surface area contributed by atoms with Crippen molar-refractivity contribution in [3.05, 3.63) is 0 Å². The van der Waals surface area contributed by atoms with E-state index in [0.717, 1.165) is 13.0 Å². The third-order valence-electron chi connectivity index (χ3n) is 1.51. The van der Waals surface area contributed by atoms with Gasteiger partial charge >= 0.3 is 0 Å². The highest BCUT2D eigenvalue weighted by Crippen LogP contribution is 2.11. The molecule has 0 aromatic heterocycles. The molecule has 0 atom stereocenters. The largest absolute Gasteiger partial charge is 0.340 e. The Kier molecular flexibility index (Phi) is 1.24. The van der Waals surface area contributed by atoms with E-state index in [1.807, 2.05) is 18.7 Å². The van der Waals surface area contributed by atoms with E-state index in [4.69, 9.17) is 0 Å². The fourth-order valence-corrected chi connectivity index (χ4v) is 0.878. The van der Waals surface area contributed by atoms with Crippen molar-refractivity contribution in [1.82, 2.24) is 4.90 Å². The molecule has 0 radical (unpaired) electrons. The van der Waals surface area contributed by atoms with Crippen LogP contribution in [0.3, 0.4) is 0 Å². The molecular formula is C6H11NO. The van der Waals surface area contributed by atoms with Crippen LogP contribution in [0.25, 0.3) is 0 Å². The van der Waals surface area contributed by atoms with Crippen LogP contribution in [-0.2, 0) is 4.79 Å². The molecule has 8 heavy (non-hydrogen) atoms. The zero-order chi connectivity index (χ0) is 6.15. The summed E-state index contributed by atoms with van der Waals surface area (Å²) >= 11 is 0. The molecule has 0 saturated carbocycles. The Balaban J connectivity index is 2.37. The van der Waals surface area contributed by atoms with Crippen molar-refractivity contribution in [2.75, 3.05) is 6.54 Å². The third-order valence-corrected chi connectivity index (χ3v) is 1.51. The van der Waals surface area contributed by atoms with Crippen LogP contribution in [0.4, 0.5) is 0 Å². The number of amides is 1. The van der Waals surface area contributed by atoms with Gasteiger partial charge in [-0.3, -0.25) is 4.79 Å². The van der Waals surface area contributed by atoms with Gasteiger partial charge in [0.05, 0.1) is 0 Å². The van der Waals surface area contributed by atoms with Gasteiger partial charge in [0.1, 0.15) is 0 Å². The zero-order valence-corrected chi connectivity index (χ0v) is 5.35. The molecule has 1 amide bonds. The van der Waals surface area contributed by atoms with Gasteiger partial charge in [0.2, 0.25) is 5.91 Å². The average Bonchev–Trinajstić information content (AvgIpc) is 1.61. The molecule has 1 aliphatic rings. The summed E-state index contributed by atoms with van der Waals surface area (Å²) in [6, 6.07) is 0.413. The van der Waals surface area contributed by atoms with Crippen LogP contribution < -0.4 is 0 Å². The van der Waals surface area contributed by atoms with E-state index < -0.39 is 0 Å². The van der Waals surface area contributed by atoms with Gasteiger partial charge in [0, 0.05) is 19.0 Å². The highest BCUT2D eigenvalue weighted by Gasteiger charge is 2.25. The van der Waals surface area contributed by atoms with Crippen LogP contribution in [0.5, 0.6) is 0 Å². The van der Waals surface area contributed by atoms with Gasteiger partial charge in [-0.05, 0) is 13.8 Å². The number of β-lactam (4-membered cyclic amide) rings is 1. The van der Waals surface area contributed by atoms with Crippen molar-refractivity contribution in [2.24, 2.45) is 0 Å². The Morgan fingerprint density at radius 3 is 2.25 bits per heavy atom. The van der Waals surface area contributed by atoms with Gasteiger partial charge in [-0.2, -0.15) is 0 Å². The molecule has 0 aliphatic carbocycles. The molecule has 0 spiro atoms. The molecule has 2 heteroatoms. The smallest absolute Gasteiger partial charge is 0.224 e. The van der Waals surface area contributed by atoms with Crippen molar-refractivity contribution in [3.8, 4) is 0 Å².